The van der Waals surface area contributed by atoms with Crippen molar-refractivity contribution in [3.8, 4) is 0 Å². The van der Waals surface area contributed by atoms with Gasteiger partial charge in [-0.1, -0.05) is 20.8 Å². The van der Waals surface area contributed by atoms with Crippen molar-refractivity contribution in [2.75, 3.05) is 26.2 Å². The molecule has 0 aromatic carbocycles. The van der Waals surface area contributed by atoms with Gasteiger partial charge in [0.05, 0.1) is 13.2 Å². The molecule has 19 heavy (non-hydrogen) atoms. The summed E-state index contributed by atoms with van der Waals surface area (Å²) in [4.78, 5) is 12.9. The van der Waals surface area contributed by atoms with E-state index < -0.39 is 24.7 Å². The van der Waals surface area contributed by atoms with Crippen LogP contribution in [0, 0.1) is 0 Å². The van der Waals surface area contributed by atoms with Gasteiger partial charge in [0.25, 0.3) is 0 Å². The van der Waals surface area contributed by atoms with Crippen LogP contribution in [0.2, 0.25) is 0 Å². The zero-order valence-corrected chi connectivity index (χ0v) is 11.9. The van der Waals surface area contributed by atoms with Gasteiger partial charge in [0.15, 0.2) is 0 Å². The SMILES string of the molecule is CCOC(=O)C(CN(CC)CC(F)(F)F)NC(C)C. The third-order valence-corrected chi connectivity index (χ3v) is 2.40. The van der Waals surface area contributed by atoms with Crippen LogP contribution in [0.25, 0.3) is 0 Å². The standard InChI is InChI=1S/C12H23F3N2O2/c1-5-17(8-12(13,14)15)7-10(16-9(3)4)11(18)19-6-2/h9-10,16H,5-8H2,1-4H3. The topological polar surface area (TPSA) is 41.6 Å². The number of halogens is 3. The number of likely N-dealkylation sites (N-methyl/N-ethyl adjacent to an activating group) is 1. The molecule has 0 bridgehead atoms. The number of carbonyl (C=O) groups excluding carboxylic acids is 1. The van der Waals surface area contributed by atoms with Crippen LogP contribution in [0.4, 0.5) is 13.2 Å². The minimum Gasteiger partial charge on any atom is -0.465 e. The highest BCUT2D eigenvalue weighted by Crippen LogP contribution is 2.16. The molecule has 0 saturated carbocycles. The highest BCUT2D eigenvalue weighted by Gasteiger charge is 2.32. The summed E-state index contributed by atoms with van der Waals surface area (Å²) in [5.74, 6) is -0.517. The number of rotatable bonds is 8. The largest absolute Gasteiger partial charge is 0.465 e. The number of nitrogens with one attached hydrogen (secondary N) is 1. The molecule has 7 heteroatoms. The molecule has 0 aliphatic rings. The Hall–Kier alpha value is -0.820. The highest BCUT2D eigenvalue weighted by molar-refractivity contribution is 5.76. The molecule has 1 atom stereocenters. The van der Waals surface area contributed by atoms with Crippen LogP contribution in [-0.2, 0) is 9.53 Å². The number of nitrogens with zero attached hydrogens (tertiary/aromatic N) is 1. The summed E-state index contributed by atoms with van der Waals surface area (Å²) in [5.41, 5.74) is 0. The predicted octanol–water partition coefficient (Wildman–Crippen LogP) is 1.80. The average Bonchev–Trinajstić information content (AvgIpc) is 2.24. The molecule has 0 aliphatic heterocycles. The van der Waals surface area contributed by atoms with E-state index in [9.17, 15) is 18.0 Å². The Kier molecular flexibility index (Phi) is 8.01. The van der Waals surface area contributed by atoms with Gasteiger partial charge in [0, 0.05) is 12.6 Å². The van der Waals surface area contributed by atoms with E-state index in [1.165, 1.54) is 4.90 Å². The van der Waals surface area contributed by atoms with Crippen molar-refractivity contribution in [2.24, 2.45) is 0 Å². The lowest BCUT2D eigenvalue weighted by atomic mass is 10.2. The third-order valence-electron chi connectivity index (χ3n) is 2.40. The van der Waals surface area contributed by atoms with Gasteiger partial charge in [-0.15, -0.1) is 0 Å². The first kappa shape index (κ1) is 18.2. The summed E-state index contributed by atoms with van der Waals surface area (Å²) in [6.07, 6.45) is -4.27. The molecule has 0 spiro atoms. The lowest BCUT2D eigenvalue weighted by Gasteiger charge is -2.27. The summed E-state index contributed by atoms with van der Waals surface area (Å²) >= 11 is 0. The van der Waals surface area contributed by atoms with Crippen molar-refractivity contribution in [3.05, 3.63) is 0 Å². The number of ether oxygens (including phenoxy) is 1. The monoisotopic (exact) mass is 284 g/mol. The normalized spacial score (nSPS) is 13.9. The number of esters is 1. The molecule has 0 saturated heterocycles. The molecule has 1 unspecified atom stereocenters. The van der Waals surface area contributed by atoms with E-state index in [0.717, 1.165) is 0 Å². The number of carbonyl (C=O) groups is 1. The van der Waals surface area contributed by atoms with Gasteiger partial charge in [0.2, 0.25) is 0 Å². The maximum Gasteiger partial charge on any atom is 0.401 e. The fourth-order valence-corrected chi connectivity index (χ4v) is 1.66. The Labute approximate surface area is 112 Å². The van der Waals surface area contributed by atoms with Crippen molar-refractivity contribution in [3.63, 3.8) is 0 Å². The van der Waals surface area contributed by atoms with Crippen LogP contribution in [0.15, 0.2) is 0 Å². The molecule has 1 N–H and O–H groups in total. The van der Waals surface area contributed by atoms with Gasteiger partial charge in [-0.3, -0.25) is 9.69 Å². The van der Waals surface area contributed by atoms with Crippen molar-refractivity contribution < 1.29 is 22.7 Å². The predicted molar refractivity (Wildman–Crippen MR) is 66.9 cm³/mol. The number of alkyl halides is 3. The van der Waals surface area contributed by atoms with Crippen LogP contribution in [-0.4, -0.2) is 55.4 Å². The Bertz CT molecular complexity index is 270. The molecule has 0 fully saturated rings. The smallest absolute Gasteiger partial charge is 0.401 e. The number of hydrogen-bond acceptors (Lipinski definition) is 4. The van der Waals surface area contributed by atoms with Gasteiger partial charge in [-0.25, -0.2) is 0 Å². The summed E-state index contributed by atoms with van der Waals surface area (Å²) in [6.45, 7) is 6.32. The van der Waals surface area contributed by atoms with E-state index in [1.807, 2.05) is 13.8 Å². The van der Waals surface area contributed by atoms with Gasteiger partial charge in [0.1, 0.15) is 6.04 Å². The first-order chi connectivity index (χ1) is 8.69. The molecular weight excluding hydrogens is 261 g/mol. The van der Waals surface area contributed by atoms with E-state index in [2.05, 4.69) is 5.32 Å². The average molecular weight is 284 g/mol. The van der Waals surface area contributed by atoms with Crippen molar-refractivity contribution in [2.45, 2.75) is 46.0 Å². The van der Waals surface area contributed by atoms with Crippen LogP contribution in [0.1, 0.15) is 27.7 Å². The molecule has 0 aromatic heterocycles. The van der Waals surface area contributed by atoms with Crippen LogP contribution < -0.4 is 5.32 Å². The fraction of sp³-hybridized carbons (Fsp3) is 0.917. The maximum absolute atomic E-state index is 12.4. The van der Waals surface area contributed by atoms with E-state index in [1.54, 1.807) is 13.8 Å². The zero-order chi connectivity index (χ0) is 15.1. The van der Waals surface area contributed by atoms with Gasteiger partial charge < -0.3 is 10.1 Å². The lowest BCUT2D eigenvalue weighted by Crippen LogP contribution is -2.50. The second-order valence-electron chi connectivity index (χ2n) is 4.57. The van der Waals surface area contributed by atoms with Crippen molar-refractivity contribution in [1.82, 2.24) is 10.2 Å². The van der Waals surface area contributed by atoms with Gasteiger partial charge in [-0.05, 0) is 13.5 Å². The minimum atomic E-state index is -4.27. The highest BCUT2D eigenvalue weighted by atomic mass is 19.4. The van der Waals surface area contributed by atoms with Gasteiger partial charge >= 0.3 is 12.1 Å². The van der Waals surface area contributed by atoms with Crippen LogP contribution >= 0.6 is 0 Å². The molecule has 0 aliphatic carbocycles. The van der Waals surface area contributed by atoms with E-state index >= 15 is 0 Å². The molecule has 4 nitrogen and oxygen atoms in total. The molecular formula is C12H23F3N2O2. The maximum atomic E-state index is 12.4. The van der Waals surface area contributed by atoms with Crippen molar-refractivity contribution >= 4 is 5.97 Å². The van der Waals surface area contributed by atoms with E-state index in [4.69, 9.17) is 4.74 Å². The lowest BCUT2D eigenvalue weighted by molar-refractivity contribution is -0.154. The molecule has 0 amide bonds. The molecule has 0 heterocycles. The summed E-state index contributed by atoms with van der Waals surface area (Å²) in [5, 5.41) is 2.93. The zero-order valence-electron chi connectivity index (χ0n) is 11.9. The van der Waals surface area contributed by atoms with E-state index in [0.29, 0.717) is 0 Å². The summed E-state index contributed by atoms with van der Waals surface area (Å²) < 4.78 is 42.0. The van der Waals surface area contributed by atoms with Crippen LogP contribution in [0.5, 0.6) is 0 Å². The first-order valence-corrected chi connectivity index (χ1v) is 6.41. The third kappa shape index (κ3) is 8.83. The first-order valence-electron chi connectivity index (χ1n) is 6.41. The Morgan fingerprint density at radius 2 is 1.89 bits per heavy atom. The molecule has 0 radical (unpaired) electrons. The molecule has 0 rings (SSSR count). The Morgan fingerprint density at radius 1 is 1.32 bits per heavy atom. The molecule has 0 aromatic rings. The second-order valence-corrected chi connectivity index (χ2v) is 4.57. The van der Waals surface area contributed by atoms with Crippen LogP contribution in [0.3, 0.4) is 0 Å². The Balaban J connectivity index is 4.62. The summed E-state index contributed by atoms with van der Waals surface area (Å²) in [6, 6.07) is -0.763. The quantitative estimate of drug-likeness (QED) is 0.690. The second kappa shape index (κ2) is 8.37. The summed E-state index contributed by atoms with van der Waals surface area (Å²) in [7, 11) is 0. The minimum absolute atomic E-state index is 0.0148. The van der Waals surface area contributed by atoms with Gasteiger partial charge in [-0.2, -0.15) is 13.2 Å². The van der Waals surface area contributed by atoms with Crippen molar-refractivity contribution in [1.29, 1.82) is 0 Å². The Morgan fingerprint density at radius 3 is 2.26 bits per heavy atom. The van der Waals surface area contributed by atoms with E-state index in [-0.39, 0.29) is 25.7 Å². The molecule has 114 valence electrons. The number of hydrogen-bond donors (Lipinski definition) is 1. The fourth-order valence-electron chi connectivity index (χ4n) is 1.66.